The minimum atomic E-state index is 0.0571. The lowest BCUT2D eigenvalue weighted by molar-refractivity contribution is -0.131. The Labute approximate surface area is 162 Å². The van der Waals surface area contributed by atoms with Gasteiger partial charge in [0.15, 0.2) is 0 Å². The largest absolute Gasteiger partial charge is 0.488 e. The van der Waals surface area contributed by atoms with E-state index in [0.29, 0.717) is 6.61 Å². The van der Waals surface area contributed by atoms with Crippen molar-refractivity contribution in [1.82, 2.24) is 9.88 Å². The number of likely N-dealkylation sites (tertiary alicyclic amines) is 1. The lowest BCUT2D eigenvalue weighted by atomic mass is 10.00. The number of fused-ring (bicyclic) bond motifs is 2. The number of ether oxygens (including phenoxy) is 1. The fraction of sp³-hybridized carbons (Fsp3) is 0.273. The van der Waals surface area contributed by atoms with Crippen LogP contribution in [0.3, 0.4) is 0 Å². The highest BCUT2D eigenvalue weighted by atomic mass is 32.1. The van der Waals surface area contributed by atoms with Crippen molar-refractivity contribution >= 4 is 33.5 Å². The number of carbonyl (C=O) groups excluding carboxylic acids is 1. The molecule has 0 aliphatic carbocycles. The number of piperidine rings is 1. The maximum atomic E-state index is 13.3. The maximum absolute atomic E-state index is 13.3. The molecule has 0 N–H and O–H groups in total. The van der Waals surface area contributed by atoms with Gasteiger partial charge in [-0.1, -0.05) is 30.3 Å². The lowest BCUT2D eigenvalue weighted by Crippen LogP contribution is -2.40. The van der Waals surface area contributed by atoms with Gasteiger partial charge in [0.25, 0.3) is 5.91 Å². The molecule has 2 aliphatic heterocycles. The van der Waals surface area contributed by atoms with Crippen molar-refractivity contribution in [2.45, 2.75) is 25.3 Å². The molecule has 1 atom stereocenters. The average Bonchev–Trinajstić information content (AvgIpc) is 3.17. The first-order valence-electron chi connectivity index (χ1n) is 9.38. The second kappa shape index (κ2) is 6.82. The van der Waals surface area contributed by atoms with Crippen LogP contribution in [0.2, 0.25) is 0 Å². The Kier molecular flexibility index (Phi) is 4.17. The fourth-order valence-electron chi connectivity index (χ4n) is 3.89. The molecule has 1 fully saturated rings. The summed E-state index contributed by atoms with van der Waals surface area (Å²) in [5.74, 6) is 0.920. The monoisotopic (exact) mass is 376 g/mol. The predicted octanol–water partition coefficient (Wildman–Crippen LogP) is 4.83. The van der Waals surface area contributed by atoms with Crippen LogP contribution >= 0.6 is 11.3 Å². The van der Waals surface area contributed by atoms with Gasteiger partial charge in [0.2, 0.25) is 0 Å². The van der Waals surface area contributed by atoms with E-state index in [4.69, 9.17) is 9.72 Å². The number of thiazole rings is 1. The summed E-state index contributed by atoms with van der Waals surface area (Å²) in [5.41, 5.74) is 2.71. The molecule has 2 aromatic carbocycles. The van der Waals surface area contributed by atoms with Crippen LogP contribution in [0.25, 0.3) is 16.3 Å². The zero-order valence-electron chi connectivity index (χ0n) is 14.9. The van der Waals surface area contributed by atoms with E-state index in [0.717, 1.165) is 53.2 Å². The van der Waals surface area contributed by atoms with Gasteiger partial charge in [0.05, 0.1) is 21.8 Å². The van der Waals surface area contributed by atoms with Gasteiger partial charge in [0, 0.05) is 12.1 Å². The fourth-order valence-corrected chi connectivity index (χ4v) is 5.00. The zero-order chi connectivity index (χ0) is 18.2. The Balaban J connectivity index is 1.47. The molecule has 0 radical (unpaired) electrons. The van der Waals surface area contributed by atoms with Crippen LogP contribution in [0, 0.1) is 0 Å². The summed E-state index contributed by atoms with van der Waals surface area (Å²) in [6.45, 7) is 1.11. The summed E-state index contributed by atoms with van der Waals surface area (Å²) in [6, 6.07) is 16.1. The van der Waals surface area contributed by atoms with Crippen molar-refractivity contribution in [3.8, 4) is 5.75 Å². The number of aromatic nitrogens is 1. The Morgan fingerprint density at radius 3 is 2.89 bits per heavy atom. The normalized spacial score (nSPS) is 19.3. The number of carbonyl (C=O) groups is 1. The third-order valence-corrected chi connectivity index (χ3v) is 6.40. The van der Waals surface area contributed by atoms with Crippen LogP contribution in [0.4, 0.5) is 0 Å². The molecule has 2 aliphatic rings. The Bertz CT molecular complexity index is 1010. The van der Waals surface area contributed by atoms with Crippen molar-refractivity contribution in [1.29, 1.82) is 0 Å². The van der Waals surface area contributed by atoms with Gasteiger partial charge in [-0.15, -0.1) is 11.3 Å². The molecule has 1 aromatic heterocycles. The van der Waals surface area contributed by atoms with Gasteiger partial charge in [-0.2, -0.15) is 0 Å². The molecule has 136 valence electrons. The first-order valence-corrected chi connectivity index (χ1v) is 10.2. The molecule has 27 heavy (non-hydrogen) atoms. The van der Waals surface area contributed by atoms with Crippen molar-refractivity contribution in [2.75, 3.05) is 13.2 Å². The van der Waals surface area contributed by atoms with E-state index < -0.39 is 0 Å². The first-order chi connectivity index (χ1) is 13.3. The van der Waals surface area contributed by atoms with Gasteiger partial charge in [-0.3, -0.25) is 4.79 Å². The van der Waals surface area contributed by atoms with Gasteiger partial charge in [-0.25, -0.2) is 4.98 Å². The molecule has 3 aromatic rings. The number of hydrogen-bond acceptors (Lipinski definition) is 4. The molecule has 5 rings (SSSR count). The molecule has 0 saturated carbocycles. The minimum Gasteiger partial charge on any atom is -0.488 e. The van der Waals surface area contributed by atoms with E-state index >= 15 is 0 Å². The van der Waals surface area contributed by atoms with E-state index in [1.807, 2.05) is 53.4 Å². The molecular formula is C22H20N2O2S. The van der Waals surface area contributed by atoms with Gasteiger partial charge in [0.1, 0.15) is 17.4 Å². The topological polar surface area (TPSA) is 42.4 Å². The molecule has 5 heteroatoms. The number of para-hydroxylation sites is 2. The molecular weight excluding hydrogens is 356 g/mol. The summed E-state index contributed by atoms with van der Waals surface area (Å²) in [6.07, 6.45) is 5.11. The number of hydrogen-bond donors (Lipinski definition) is 0. The predicted molar refractivity (Wildman–Crippen MR) is 108 cm³/mol. The second-order valence-corrected chi connectivity index (χ2v) is 8.09. The van der Waals surface area contributed by atoms with E-state index in [1.54, 1.807) is 11.3 Å². The highest BCUT2D eigenvalue weighted by Crippen LogP contribution is 2.37. The van der Waals surface area contributed by atoms with Crippen LogP contribution in [-0.4, -0.2) is 28.9 Å². The Hall–Kier alpha value is -2.66. The molecule has 4 nitrogen and oxygen atoms in total. The molecule has 0 spiro atoms. The van der Waals surface area contributed by atoms with Gasteiger partial charge < -0.3 is 9.64 Å². The molecule has 0 bridgehead atoms. The summed E-state index contributed by atoms with van der Waals surface area (Å²) in [5, 5.41) is 1.04. The molecule has 1 unspecified atom stereocenters. The maximum Gasteiger partial charge on any atom is 0.253 e. The lowest BCUT2D eigenvalue weighted by Gasteiger charge is -2.35. The van der Waals surface area contributed by atoms with Crippen LogP contribution in [-0.2, 0) is 4.79 Å². The van der Waals surface area contributed by atoms with Crippen LogP contribution in [0.5, 0.6) is 5.75 Å². The van der Waals surface area contributed by atoms with Crippen LogP contribution < -0.4 is 4.74 Å². The molecule has 3 heterocycles. The second-order valence-electron chi connectivity index (χ2n) is 7.03. The summed E-state index contributed by atoms with van der Waals surface area (Å²) < 4.78 is 6.99. The smallest absolute Gasteiger partial charge is 0.253 e. The highest BCUT2D eigenvalue weighted by molar-refractivity contribution is 7.18. The number of rotatable bonds is 2. The van der Waals surface area contributed by atoms with E-state index in [-0.39, 0.29) is 11.9 Å². The SMILES string of the molecule is O=C(C1=Cc2ccccc2OC1)N1CCCCC1c1nc2ccccc2s1. The minimum absolute atomic E-state index is 0.0571. The summed E-state index contributed by atoms with van der Waals surface area (Å²) in [7, 11) is 0. The van der Waals surface area contributed by atoms with Crippen molar-refractivity contribution in [3.05, 3.63) is 64.7 Å². The van der Waals surface area contributed by atoms with Crippen LogP contribution in [0.1, 0.15) is 35.9 Å². The molecule has 1 amide bonds. The molecule has 1 saturated heterocycles. The van der Waals surface area contributed by atoms with E-state index in [9.17, 15) is 4.79 Å². The third kappa shape index (κ3) is 3.02. The van der Waals surface area contributed by atoms with Crippen molar-refractivity contribution in [3.63, 3.8) is 0 Å². The standard InChI is InChI=1S/C22H20N2O2S/c25-22(16-13-15-7-1-3-10-19(15)26-14-16)24-12-6-5-9-18(24)21-23-17-8-2-4-11-20(17)27-21/h1-4,7-8,10-11,13,18H,5-6,9,12,14H2. The first kappa shape index (κ1) is 16.5. The Morgan fingerprint density at radius 1 is 1.11 bits per heavy atom. The summed E-state index contributed by atoms with van der Waals surface area (Å²) in [4.78, 5) is 20.1. The van der Waals surface area contributed by atoms with Gasteiger partial charge in [-0.05, 0) is 43.5 Å². The average molecular weight is 376 g/mol. The van der Waals surface area contributed by atoms with E-state index in [1.165, 1.54) is 4.70 Å². The quantitative estimate of drug-likeness (QED) is 0.644. The third-order valence-electron chi connectivity index (χ3n) is 5.27. The number of nitrogens with zero attached hydrogens (tertiary/aromatic N) is 2. The zero-order valence-corrected chi connectivity index (χ0v) is 15.7. The summed E-state index contributed by atoms with van der Waals surface area (Å²) >= 11 is 1.70. The van der Waals surface area contributed by atoms with Crippen molar-refractivity contribution < 1.29 is 9.53 Å². The highest BCUT2D eigenvalue weighted by Gasteiger charge is 2.32. The number of amides is 1. The van der Waals surface area contributed by atoms with Crippen LogP contribution in [0.15, 0.2) is 54.1 Å². The number of benzene rings is 2. The Morgan fingerprint density at radius 2 is 1.96 bits per heavy atom. The van der Waals surface area contributed by atoms with Crippen molar-refractivity contribution in [2.24, 2.45) is 0 Å². The van der Waals surface area contributed by atoms with Gasteiger partial charge >= 0.3 is 0 Å². The van der Waals surface area contributed by atoms with E-state index in [2.05, 4.69) is 6.07 Å².